The van der Waals surface area contributed by atoms with E-state index in [9.17, 15) is 15.0 Å². The third-order valence-corrected chi connectivity index (χ3v) is 1.94. The van der Waals surface area contributed by atoms with Crippen molar-refractivity contribution in [2.24, 2.45) is 5.73 Å². The van der Waals surface area contributed by atoms with Gasteiger partial charge in [0.1, 0.15) is 6.10 Å². The molecule has 0 bridgehead atoms. The van der Waals surface area contributed by atoms with Gasteiger partial charge in [0.05, 0.1) is 12.3 Å². The summed E-state index contributed by atoms with van der Waals surface area (Å²) >= 11 is 0. The molecule has 15 heavy (non-hydrogen) atoms. The molecule has 0 aliphatic rings. The summed E-state index contributed by atoms with van der Waals surface area (Å²) in [6.07, 6.45) is -1.79. The highest BCUT2D eigenvalue weighted by molar-refractivity contribution is 5.79. The van der Waals surface area contributed by atoms with Gasteiger partial charge < -0.3 is 21.1 Å². The van der Waals surface area contributed by atoms with E-state index < -0.39 is 18.1 Å². The number of nitrogens with two attached hydrogens (primary N) is 1. The Labute approximate surface area is 86.0 Å². The molecule has 5 N–H and O–H groups in total. The summed E-state index contributed by atoms with van der Waals surface area (Å²) in [4.78, 5) is 14.4. The third-order valence-electron chi connectivity index (χ3n) is 1.94. The van der Waals surface area contributed by atoms with E-state index >= 15 is 0 Å². The van der Waals surface area contributed by atoms with Crippen molar-refractivity contribution >= 4 is 5.91 Å². The third kappa shape index (κ3) is 2.72. The number of carbonyl (C=O) groups excluding carboxylic acids is 1. The van der Waals surface area contributed by atoms with Crippen LogP contribution in [-0.2, 0) is 11.4 Å². The summed E-state index contributed by atoms with van der Waals surface area (Å²) in [5.74, 6) is -1.01. The Balaban J connectivity index is 2.82. The Bertz CT molecular complexity index is 338. The van der Waals surface area contributed by atoms with E-state index in [1.165, 1.54) is 18.3 Å². The zero-order valence-electron chi connectivity index (χ0n) is 7.87. The van der Waals surface area contributed by atoms with E-state index in [2.05, 4.69) is 4.98 Å². The van der Waals surface area contributed by atoms with Crippen LogP contribution in [0.15, 0.2) is 18.3 Å². The Morgan fingerprint density at radius 3 is 2.53 bits per heavy atom. The quantitative estimate of drug-likeness (QED) is 0.482. The van der Waals surface area contributed by atoms with E-state index in [0.29, 0.717) is 5.69 Å². The molecule has 1 rings (SSSR count). The normalized spacial score (nSPS) is 14.6. The van der Waals surface area contributed by atoms with Gasteiger partial charge in [-0.2, -0.15) is 0 Å². The summed E-state index contributed by atoms with van der Waals surface area (Å²) in [5, 5.41) is 27.4. The van der Waals surface area contributed by atoms with Crippen LogP contribution in [-0.4, -0.2) is 32.3 Å². The second-order valence-electron chi connectivity index (χ2n) is 3.03. The van der Waals surface area contributed by atoms with Gasteiger partial charge in [0.15, 0.2) is 6.10 Å². The average molecular weight is 212 g/mol. The summed E-state index contributed by atoms with van der Waals surface area (Å²) in [6, 6.07) is 2.93. The standard InChI is InChI=1S/C9H12N2O4/c10-9(15)8(14)7(13)5-1-2-6(4-12)11-3-5/h1-3,7-8,12-14H,4H2,(H2,10,15). The number of nitrogens with zero attached hydrogens (tertiary/aromatic N) is 1. The monoisotopic (exact) mass is 212 g/mol. The maximum Gasteiger partial charge on any atom is 0.249 e. The molecule has 1 amide bonds. The number of aliphatic hydroxyl groups excluding tert-OH is 3. The fourth-order valence-corrected chi connectivity index (χ4v) is 1.04. The molecule has 0 aromatic carbocycles. The molecule has 1 aromatic heterocycles. The molecule has 0 aliphatic carbocycles. The van der Waals surface area contributed by atoms with Crippen molar-refractivity contribution in [2.75, 3.05) is 0 Å². The van der Waals surface area contributed by atoms with E-state index in [1.54, 1.807) is 0 Å². The molecule has 82 valence electrons. The van der Waals surface area contributed by atoms with Crippen molar-refractivity contribution in [2.45, 2.75) is 18.8 Å². The van der Waals surface area contributed by atoms with Crippen LogP contribution in [0, 0.1) is 0 Å². The molecular weight excluding hydrogens is 200 g/mol. The second kappa shape index (κ2) is 4.83. The zero-order chi connectivity index (χ0) is 11.4. The lowest BCUT2D eigenvalue weighted by Gasteiger charge is -2.14. The van der Waals surface area contributed by atoms with Gasteiger partial charge in [-0.3, -0.25) is 9.78 Å². The Hall–Kier alpha value is -1.50. The van der Waals surface area contributed by atoms with Crippen molar-refractivity contribution in [1.82, 2.24) is 4.98 Å². The highest BCUT2D eigenvalue weighted by atomic mass is 16.3. The van der Waals surface area contributed by atoms with Crippen LogP contribution >= 0.6 is 0 Å². The van der Waals surface area contributed by atoms with Gasteiger partial charge in [-0.05, 0) is 6.07 Å². The SMILES string of the molecule is NC(=O)C(O)C(O)c1ccc(CO)nc1. The summed E-state index contributed by atoms with van der Waals surface area (Å²) in [6.45, 7) is -0.214. The van der Waals surface area contributed by atoms with E-state index in [0.717, 1.165) is 0 Å². The number of hydrogen-bond donors (Lipinski definition) is 4. The van der Waals surface area contributed by atoms with Crippen molar-refractivity contribution in [1.29, 1.82) is 0 Å². The van der Waals surface area contributed by atoms with Gasteiger partial charge in [-0.1, -0.05) is 6.07 Å². The predicted octanol–water partition coefficient (Wildman–Crippen LogP) is -1.55. The minimum Gasteiger partial charge on any atom is -0.390 e. The molecule has 6 heteroatoms. The van der Waals surface area contributed by atoms with Crippen LogP contribution in [0.1, 0.15) is 17.4 Å². The topological polar surface area (TPSA) is 117 Å². The molecule has 0 fully saturated rings. The fraction of sp³-hybridized carbons (Fsp3) is 0.333. The molecule has 2 unspecified atom stereocenters. The summed E-state index contributed by atoms with van der Waals surface area (Å²) in [7, 11) is 0. The van der Waals surface area contributed by atoms with Crippen molar-refractivity contribution in [3.8, 4) is 0 Å². The zero-order valence-corrected chi connectivity index (χ0v) is 7.87. The van der Waals surface area contributed by atoms with Crippen LogP contribution in [0.25, 0.3) is 0 Å². The van der Waals surface area contributed by atoms with E-state index in [4.69, 9.17) is 10.8 Å². The Morgan fingerprint density at radius 1 is 1.47 bits per heavy atom. The van der Waals surface area contributed by atoms with Crippen LogP contribution in [0.2, 0.25) is 0 Å². The molecule has 0 aliphatic heterocycles. The highest BCUT2D eigenvalue weighted by Crippen LogP contribution is 2.15. The largest absolute Gasteiger partial charge is 0.390 e. The lowest BCUT2D eigenvalue weighted by molar-refractivity contribution is -0.131. The molecule has 0 radical (unpaired) electrons. The van der Waals surface area contributed by atoms with Crippen molar-refractivity contribution in [3.63, 3.8) is 0 Å². The summed E-state index contributed by atoms with van der Waals surface area (Å²) in [5.41, 5.74) is 5.51. The van der Waals surface area contributed by atoms with Gasteiger partial charge in [0.2, 0.25) is 5.91 Å². The first-order valence-corrected chi connectivity index (χ1v) is 4.27. The minimum absolute atomic E-state index is 0.214. The number of primary amides is 1. The van der Waals surface area contributed by atoms with Gasteiger partial charge in [0.25, 0.3) is 0 Å². The first-order valence-electron chi connectivity index (χ1n) is 4.27. The van der Waals surface area contributed by atoms with Crippen LogP contribution in [0.4, 0.5) is 0 Å². The average Bonchev–Trinajstić information content (AvgIpc) is 2.27. The van der Waals surface area contributed by atoms with Crippen molar-refractivity contribution < 1.29 is 20.1 Å². The molecule has 1 heterocycles. The highest BCUT2D eigenvalue weighted by Gasteiger charge is 2.23. The molecule has 0 saturated carbocycles. The number of pyridine rings is 1. The van der Waals surface area contributed by atoms with Gasteiger partial charge in [-0.15, -0.1) is 0 Å². The first kappa shape index (κ1) is 11.6. The minimum atomic E-state index is -1.66. The number of carbonyl (C=O) groups is 1. The molecule has 1 aromatic rings. The fourth-order valence-electron chi connectivity index (χ4n) is 1.04. The van der Waals surface area contributed by atoms with Crippen LogP contribution in [0.3, 0.4) is 0 Å². The Morgan fingerprint density at radius 2 is 2.13 bits per heavy atom. The number of aliphatic hydroxyl groups is 3. The van der Waals surface area contributed by atoms with Gasteiger partial charge in [0, 0.05) is 11.8 Å². The van der Waals surface area contributed by atoms with Crippen LogP contribution < -0.4 is 5.73 Å². The van der Waals surface area contributed by atoms with E-state index in [1.807, 2.05) is 0 Å². The second-order valence-corrected chi connectivity index (χ2v) is 3.03. The molecule has 2 atom stereocenters. The molecule has 6 nitrogen and oxygen atoms in total. The lowest BCUT2D eigenvalue weighted by Crippen LogP contribution is -2.33. The smallest absolute Gasteiger partial charge is 0.249 e. The van der Waals surface area contributed by atoms with Gasteiger partial charge >= 0.3 is 0 Å². The number of aromatic nitrogens is 1. The number of amides is 1. The summed E-state index contributed by atoms with van der Waals surface area (Å²) < 4.78 is 0. The molecule has 0 spiro atoms. The maximum absolute atomic E-state index is 10.6. The number of hydrogen-bond acceptors (Lipinski definition) is 5. The van der Waals surface area contributed by atoms with Crippen molar-refractivity contribution in [3.05, 3.63) is 29.6 Å². The number of rotatable bonds is 4. The molecular formula is C9H12N2O4. The first-order chi connectivity index (χ1) is 7.06. The maximum atomic E-state index is 10.6. The molecule has 0 saturated heterocycles. The van der Waals surface area contributed by atoms with Crippen LogP contribution in [0.5, 0.6) is 0 Å². The van der Waals surface area contributed by atoms with Gasteiger partial charge in [-0.25, -0.2) is 0 Å². The lowest BCUT2D eigenvalue weighted by atomic mass is 10.1. The Kier molecular flexibility index (Phi) is 3.73. The predicted molar refractivity (Wildman–Crippen MR) is 50.3 cm³/mol. The van der Waals surface area contributed by atoms with E-state index in [-0.39, 0.29) is 12.2 Å².